The highest BCUT2D eigenvalue weighted by atomic mass is 16.7. The van der Waals surface area contributed by atoms with Crippen LogP contribution in [0.5, 0.6) is 11.5 Å². The number of carbonyl (C=O) groups excluding carboxylic acids is 1. The van der Waals surface area contributed by atoms with Gasteiger partial charge in [-0.25, -0.2) is 0 Å². The summed E-state index contributed by atoms with van der Waals surface area (Å²) in [4.78, 5) is 17.0. The molecule has 0 amide bonds. The van der Waals surface area contributed by atoms with Crippen LogP contribution in [0.15, 0.2) is 18.3 Å². The van der Waals surface area contributed by atoms with Crippen molar-refractivity contribution >= 4 is 16.6 Å². The number of Topliss-reactive ketones (excluding diaryl/α,β-unsaturated/α-hetero) is 1. The zero-order chi connectivity index (χ0) is 13.9. The Hall–Kier alpha value is -2.10. The van der Waals surface area contributed by atoms with Gasteiger partial charge in [-0.1, -0.05) is 13.8 Å². The molecule has 4 nitrogen and oxygen atoms in total. The summed E-state index contributed by atoms with van der Waals surface area (Å²) in [5.74, 6) is 1.61. The Labute approximate surface area is 116 Å². The standard InChI is InChI=1S/C16H15NO3/c1-16(2)5-11-15(12(18)6-16)10-4-14-13(19-8-20-14)3-9(10)7-17-11/h3-4,7H,5-6,8H2,1-2H3. The van der Waals surface area contributed by atoms with Crippen molar-refractivity contribution in [2.24, 2.45) is 5.41 Å². The number of benzene rings is 1. The monoisotopic (exact) mass is 269 g/mol. The van der Waals surface area contributed by atoms with Crippen LogP contribution in [0.2, 0.25) is 0 Å². The lowest BCUT2D eigenvalue weighted by Crippen LogP contribution is -2.28. The van der Waals surface area contributed by atoms with Gasteiger partial charge in [-0.2, -0.15) is 0 Å². The van der Waals surface area contributed by atoms with Crippen molar-refractivity contribution in [2.45, 2.75) is 26.7 Å². The van der Waals surface area contributed by atoms with Gasteiger partial charge in [-0.3, -0.25) is 9.78 Å². The molecule has 0 saturated carbocycles. The van der Waals surface area contributed by atoms with Crippen LogP contribution in [0.4, 0.5) is 0 Å². The van der Waals surface area contributed by atoms with Gasteiger partial charge < -0.3 is 9.47 Å². The molecule has 20 heavy (non-hydrogen) atoms. The number of rotatable bonds is 0. The van der Waals surface area contributed by atoms with Crippen molar-refractivity contribution in [3.05, 3.63) is 29.6 Å². The van der Waals surface area contributed by atoms with Crippen LogP contribution in [0.25, 0.3) is 10.8 Å². The SMILES string of the molecule is CC1(C)CC(=O)c2c(ncc3cc4c(cc23)OCO4)C1. The van der Waals surface area contributed by atoms with Crippen LogP contribution in [0.1, 0.15) is 36.3 Å². The van der Waals surface area contributed by atoms with Crippen molar-refractivity contribution in [1.29, 1.82) is 0 Å². The lowest BCUT2D eigenvalue weighted by Gasteiger charge is -2.29. The first-order valence-electron chi connectivity index (χ1n) is 6.78. The average Bonchev–Trinajstić information content (AvgIpc) is 2.81. The first kappa shape index (κ1) is 11.7. The molecule has 1 aliphatic heterocycles. The van der Waals surface area contributed by atoms with Crippen LogP contribution in [0, 0.1) is 5.41 Å². The van der Waals surface area contributed by atoms with Crippen LogP contribution >= 0.6 is 0 Å². The van der Waals surface area contributed by atoms with E-state index < -0.39 is 0 Å². The molecule has 4 heteroatoms. The molecule has 0 spiro atoms. The Bertz CT molecular complexity index is 749. The van der Waals surface area contributed by atoms with E-state index in [9.17, 15) is 4.79 Å². The van der Waals surface area contributed by atoms with Crippen LogP contribution in [0.3, 0.4) is 0 Å². The van der Waals surface area contributed by atoms with E-state index in [0.29, 0.717) is 12.2 Å². The van der Waals surface area contributed by atoms with Crippen LogP contribution in [-0.4, -0.2) is 17.6 Å². The van der Waals surface area contributed by atoms with E-state index in [0.717, 1.165) is 34.2 Å². The zero-order valence-electron chi connectivity index (χ0n) is 11.5. The second-order valence-electron chi connectivity index (χ2n) is 6.31. The van der Waals surface area contributed by atoms with Crippen molar-refractivity contribution in [3.8, 4) is 11.5 Å². The third kappa shape index (κ3) is 1.60. The minimum Gasteiger partial charge on any atom is -0.454 e. The van der Waals surface area contributed by atoms with Gasteiger partial charge >= 0.3 is 0 Å². The summed E-state index contributed by atoms with van der Waals surface area (Å²) in [6.07, 6.45) is 3.22. The van der Waals surface area contributed by atoms with Crippen molar-refractivity contribution < 1.29 is 14.3 Å². The van der Waals surface area contributed by atoms with Crippen molar-refractivity contribution in [3.63, 3.8) is 0 Å². The minimum absolute atomic E-state index is 0.0128. The minimum atomic E-state index is -0.0128. The van der Waals surface area contributed by atoms with Crippen molar-refractivity contribution in [2.75, 3.05) is 6.79 Å². The molecule has 2 aliphatic rings. The third-order valence-corrected chi connectivity index (χ3v) is 4.03. The fraction of sp³-hybridized carbons (Fsp3) is 0.375. The highest BCUT2D eigenvalue weighted by molar-refractivity contribution is 6.10. The maximum absolute atomic E-state index is 12.5. The molecule has 0 bridgehead atoms. The van der Waals surface area contributed by atoms with Gasteiger partial charge in [0.05, 0.1) is 5.69 Å². The lowest BCUT2D eigenvalue weighted by molar-refractivity contribution is 0.0912. The van der Waals surface area contributed by atoms with Gasteiger partial charge in [0.25, 0.3) is 0 Å². The number of aromatic nitrogens is 1. The molecule has 1 aliphatic carbocycles. The van der Waals surface area contributed by atoms with Gasteiger partial charge in [0.15, 0.2) is 17.3 Å². The molecule has 2 heterocycles. The number of nitrogens with zero attached hydrogens (tertiary/aromatic N) is 1. The van der Waals surface area contributed by atoms with E-state index >= 15 is 0 Å². The summed E-state index contributed by atoms with van der Waals surface area (Å²) in [7, 11) is 0. The van der Waals surface area contributed by atoms with E-state index in [1.165, 1.54) is 0 Å². The number of hydrogen-bond acceptors (Lipinski definition) is 4. The maximum atomic E-state index is 12.5. The molecular weight excluding hydrogens is 254 g/mol. The van der Waals surface area contributed by atoms with E-state index in [4.69, 9.17) is 9.47 Å². The van der Waals surface area contributed by atoms with E-state index in [1.807, 2.05) is 18.3 Å². The predicted molar refractivity (Wildman–Crippen MR) is 74.3 cm³/mol. The molecule has 0 fully saturated rings. The summed E-state index contributed by atoms with van der Waals surface area (Å²) in [5, 5.41) is 1.86. The summed E-state index contributed by atoms with van der Waals surface area (Å²) >= 11 is 0. The summed E-state index contributed by atoms with van der Waals surface area (Å²) in [6.45, 7) is 4.46. The highest BCUT2D eigenvalue weighted by Gasteiger charge is 2.33. The molecule has 0 atom stereocenters. The molecule has 0 unspecified atom stereocenters. The number of ketones is 1. The largest absolute Gasteiger partial charge is 0.454 e. The number of pyridine rings is 1. The maximum Gasteiger partial charge on any atom is 0.231 e. The molecule has 4 rings (SSSR count). The van der Waals surface area contributed by atoms with Gasteiger partial charge in [0.1, 0.15) is 0 Å². The first-order valence-corrected chi connectivity index (χ1v) is 6.78. The second-order valence-corrected chi connectivity index (χ2v) is 6.31. The summed E-state index contributed by atoms with van der Waals surface area (Å²) in [5.41, 5.74) is 1.65. The van der Waals surface area contributed by atoms with Gasteiger partial charge in [-0.05, 0) is 29.4 Å². The van der Waals surface area contributed by atoms with Crippen LogP contribution < -0.4 is 9.47 Å². The molecule has 1 aromatic heterocycles. The Morgan fingerprint density at radius 3 is 2.70 bits per heavy atom. The molecule has 1 aromatic carbocycles. The number of ether oxygens (including phenoxy) is 2. The van der Waals surface area contributed by atoms with Gasteiger partial charge in [-0.15, -0.1) is 0 Å². The third-order valence-electron chi connectivity index (χ3n) is 4.03. The average molecular weight is 269 g/mol. The predicted octanol–water partition coefficient (Wildman–Crippen LogP) is 3.12. The fourth-order valence-corrected chi connectivity index (χ4v) is 3.13. The summed E-state index contributed by atoms with van der Waals surface area (Å²) in [6, 6.07) is 3.81. The van der Waals surface area contributed by atoms with E-state index in [-0.39, 0.29) is 18.0 Å². The highest BCUT2D eigenvalue weighted by Crippen LogP contribution is 2.41. The second kappa shape index (κ2) is 3.72. The number of fused-ring (bicyclic) bond motifs is 4. The zero-order valence-corrected chi connectivity index (χ0v) is 11.5. The van der Waals surface area contributed by atoms with E-state index in [1.54, 1.807) is 0 Å². The Morgan fingerprint density at radius 2 is 1.90 bits per heavy atom. The smallest absolute Gasteiger partial charge is 0.231 e. The Balaban J connectivity index is 2.00. The molecule has 2 aromatic rings. The van der Waals surface area contributed by atoms with Gasteiger partial charge in [0.2, 0.25) is 6.79 Å². The Morgan fingerprint density at radius 1 is 1.15 bits per heavy atom. The van der Waals surface area contributed by atoms with Crippen LogP contribution in [-0.2, 0) is 6.42 Å². The summed E-state index contributed by atoms with van der Waals surface area (Å²) < 4.78 is 10.8. The van der Waals surface area contributed by atoms with E-state index in [2.05, 4.69) is 18.8 Å². The number of hydrogen-bond donors (Lipinski definition) is 0. The fourth-order valence-electron chi connectivity index (χ4n) is 3.13. The first-order chi connectivity index (χ1) is 9.53. The lowest BCUT2D eigenvalue weighted by atomic mass is 9.74. The van der Waals surface area contributed by atoms with Gasteiger partial charge in [0, 0.05) is 23.6 Å². The quantitative estimate of drug-likeness (QED) is 0.737. The Kier molecular flexibility index (Phi) is 2.18. The molecular formula is C16H15NO3. The normalized spacial score (nSPS) is 19.2. The molecule has 0 saturated heterocycles. The number of carbonyl (C=O) groups is 1. The molecule has 0 radical (unpaired) electrons. The molecule has 0 N–H and O–H groups in total. The topological polar surface area (TPSA) is 48.4 Å². The van der Waals surface area contributed by atoms with Crippen molar-refractivity contribution in [1.82, 2.24) is 4.98 Å². The molecule has 102 valence electrons.